The van der Waals surface area contributed by atoms with Crippen molar-refractivity contribution in [1.82, 2.24) is 9.55 Å². The molecule has 4 rings (SSSR count). The Balaban J connectivity index is 2.03. The lowest BCUT2D eigenvalue weighted by atomic mass is 10.0. The average molecular weight is 388 g/mol. The van der Waals surface area contributed by atoms with E-state index in [4.69, 9.17) is 4.42 Å². The fourth-order valence-corrected chi connectivity index (χ4v) is 3.34. The van der Waals surface area contributed by atoms with Crippen LogP contribution in [0.4, 0.5) is 5.69 Å². The second-order valence-corrected chi connectivity index (χ2v) is 6.83. The van der Waals surface area contributed by atoms with Crippen molar-refractivity contribution >= 4 is 33.7 Å². The molecule has 1 N–H and O–H groups in total. The number of imidazole rings is 1. The van der Waals surface area contributed by atoms with Crippen LogP contribution in [-0.2, 0) is 7.05 Å². The maximum Gasteiger partial charge on any atom is 0.348 e. The van der Waals surface area contributed by atoms with E-state index in [0.29, 0.717) is 22.0 Å². The number of hydrogen-bond donors (Lipinski definition) is 1. The highest BCUT2D eigenvalue weighted by Crippen LogP contribution is 2.30. The summed E-state index contributed by atoms with van der Waals surface area (Å²) >= 11 is 0. The van der Waals surface area contributed by atoms with E-state index in [2.05, 4.69) is 11.1 Å². The molecule has 0 saturated heterocycles. The number of rotatable bonds is 3. The van der Waals surface area contributed by atoms with Crippen LogP contribution in [0.25, 0.3) is 33.4 Å². The van der Waals surface area contributed by atoms with E-state index in [1.54, 1.807) is 29.8 Å². The molecule has 0 spiro atoms. The van der Waals surface area contributed by atoms with E-state index in [1.165, 1.54) is 12.1 Å². The van der Waals surface area contributed by atoms with E-state index in [1.807, 2.05) is 25.1 Å². The molecule has 0 saturated carbocycles. The number of aryl methyl sites for hydroxylation is 1. The zero-order chi connectivity index (χ0) is 20.9. The van der Waals surface area contributed by atoms with Gasteiger partial charge in [0.05, 0.1) is 22.2 Å². The van der Waals surface area contributed by atoms with Gasteiger partial charge < -0.3 is 19.0 Å². The molecule has 8 heteroatoms. The molecule has 0 atom stereocenters. The third kappa shape index (κ3) is 2.80. The van der Waals surface area contributed by atoms with Crippen molar-refractivity contribution in [3.8, 4) is 17.5 Å². The summed E-state index contributed by atoms with van der Waals surface area (Å²) in [7, 11) is 5.43. The van der Waals surface area contributed by atoms with Gasteiger partial charge in [-0.1, -0.05) is 0 Å². The minimum atomic E-state index is -1.07. The van der Waals surface area contributed by atoms with Gasteiger partial charge in [0.25, 0.3) is 0 Å². The van der Waals surface area contributed by atoms with E-state index < -0.39 is 11.6 Å². The zero-order valence-electron chi connectivity index (χ0n) is 15.9. The Morgan fingerprint density at radius 3 is 2.66 bits per heavy atom. The third-order valence-corrected chi connectivity index (χ3v) is 4.87. The second-order valence-electron chi connectivity index (χ2n) is 6.83. The maximum atomic E-state index is 12.8. The largest absolute Gasteiger partial charge is 0.478 e. The number of aromatic nitrogens is 2. The molecule has 0 bridgehead atoms. The molecule has 4 aromatic rings. The number of benzene rings is 2. The van der Waals surface area contributed by atoms with Crippen LogP contribution in [0, 0.1) is 11.3 Å². The van der Waals surface area contributed by atoms with Crippen LogP contribution in [0.1, 0.15) is 15.9 Å². The number of nitriles is 1. The molecular weight excluding hydrogens is 372 g/mol. The fraction of sp³-hybridized carbons (Fsp3) is 0.143. The lowest BCUT2D eigenvalue weighted by molar-refractivity contribution is 0.0697. The summed E-state index contributed by atoms with van der Waals surface area (Å²) < 4.78 is 7.16. The van der Waals surface area contributed by atoms with Crippen LogP contribution < -0.4 is 10.5 Å². The Kier molecular flexibility index (Phi) is 4.09. The Bertz CT molecular complexity index is 1410. The van der Waals surface area contributed by atoms with Crippen LogP contribution in [-0.4, -0.2) is 34.7 Å². The molecular formula is C21H16N4O4. The molecule has 2 aromatic heterocycles. The topological polar surface area (TPSA) is 112 Å². The Hall–Kier alpha value is -4.12. The molecule has 29 heavy (non-hydrogen) atoms. The van der Waals surface area contributed by atoms with Crippen molar-refractivity contribution in [3.63, 3.8) is 0 Å². The number of carboxylic acids is 1. The number of carbonyl (C=O) groups is 1. The van der Waals surface area contributed by atoms with Crippen molar-refractivity contribution in [2.75, 3.05) is 19.0 Å². The molecule has 0 aliphatic heterocycles. The van der Waals surface area contributed by atoms with Crippen molar-refractivity contribution in [3.05, 3.63) is 57.9 Å². The third-order valence-electron chi connectivity index (χ3n) is 4.87. The van der Waals surface area contributed by atoms with Crippen LogP contribution >= 0.6 is 0 Å². The summed E-state index contributed by atoms with van der Waals surface area (Å²) in [4.78, 5) is 30.4. The Labute approximate surface area is 164 Å². The minimum Gasteiger partial charge on any atom is -0.478 e. The highest BCUT2D eigenvalue weighted by atomic mass is 16.4. The number of fused-ring (bicyclic) bond motifs is 2. The number of hydrogen-bond acceptors (Lipinski definition) is 6. The predicted octanol–water partition coefficient (Wildman–Crippen LogP) is 2.98. The summed E-state index contributed by atoms with van der Waals surface area (Å²) in [5.74, 6) is -0.829. The molecule has 0 radical (unpaired) electrons. The van der Waals surface area contributed by atoms with Gasteiger partial charge in [0, 0.05) is 38.3 Å². The summed E-state index contributed by atoms with van der Waals surface area (Å²) in [6.45, 7) is 0. The molecule has 0 fully saturated rings. The molecule has 144 valence electrons. The summed E-state index contributed by atoms with van der Waals surface area (Å²) in [6.07, 6.45) is 0. The molecule has 2 heterocycles. The second kappa shape index (κ2) is 6.49. The lowest BCUT2D eigenvalue weighted by Crippen LogP contribution is -2.11. The molecule has 8 nitrogen and oxygen atoms in total. The summed E-state index contributed by atoms with van der Waals surface area (Å²) in [6, 6.07) is 11.9. The first-order chi connectivity index (χ1) is 13.8. The molecule has 0 amide bonds. The standard InChI is InChI=1S/C21H16N4O4/c1-24(2)12-5-6-13-14(10-22)18(21(28)29-17(13)9-12)19-23-15-8-11(20(26)27)4-7-16(15)25(19)3/h4-9H,1-3H3,(H,26,27). The normalized spacial score (nSPS) is 11.0. The smallest absolute Gasteiger partial charge is 0.348 e. The van der Waals surface area contributed by atoms with Gasteiger partial charge in [-0.15, -0.1) is 0 Å². The van der Waals surface area contributed by atoms with Crippen LogP contribution in [0.3, 0.4) is 0 Å². The predicted molar refractivity (Wildman–Crippen MR) is 108 cm³/mol. The monoisotopic (exact) mass is 388 g/mol. The van der Waals surface area contributed by atoms with Crippen molar-refractivity contribution in [1.29, 1.82) is 5.26 Å². The van der Waals surface area contributed by atoms with Crippen LogP contribution in [0.5, 0.6) is 0 Å². The Morgan fingerprint density at radius 1 is 1.24 bits per heavy atom. The highest BCUT2D eigenvalue weighted by Gasteiger charge is 2.22. The molecule has 0 aliphatic rings. The number of nitrogens with zero attached hydrogens (tertiary/aromatic N) is 4. The first-order valence-electron chi connectivity index (χ1n) is 8.70. The van der Waals surface area contributed by atoms with E-state index >= 15 is 0 Å². The maximum absolute atomic E-state index is 12.8. The van der Waals surface area contributed by atoms with Crippen molar-refractivity contribution in [2.45, 2.75) is 0 Å². The van der Waals surface area contributed by atoms with Gasteiger partial charge in [-0.2, -0.15) is 5.26 Å². The van der Waals surface area contributed by atoms with Gasteiger partial charge in [-0.25, -0.2) is 14.6 Å². The first kappa shape index (κ1) is 18.3. The fourth-order valence-electron chi connectivity index (χ4n) is 3.34. The van der Waals surface area contributed by atoms with Gasteiger partial charge in [0.1, 0.15) is 23.0 Å². The molecule has 0 unspecified atom stereocenters. The first-order valence-corrected chi connectivity index (χ1v) is 8.70. The van der Waals surface area contributed by atoms with E-state index in [-0.39, 0.29) is 22.5 Å². The molecule has 2 aromatic carbocycles. The summed E-state index contributed by atoms with van der Waals surface area (Å²) in [5.41, 5.74) is 1.82. The molecule has 0 aliphatic carbocycles. The number of anilines is 1. The Morgan fingerprint density at radius 2 is 2.00 bits per heavy atom. The number of carboxylic acid groups (broad SMARTS) is 1. The lowest BCUT2D eigenvalue weighted by Gasteiger charge is -2.13. The summed E-state index contributed by atoms with van der Waals surface area (Å²) in [5, 5.41) is 19.5. The van der Waals surface area contributed by atoms with Crippen molar-refractivity contribution in [2.24, 2.45) is 7.05 Å². The van der Waals surface area contributed by atoms with E-state index in [0.717, 1.165) is 5.69 Å². The SMILES string of the molecule is CN(C)c1ccc2c(C#N)c(-c3nc4cc(C(=O)O)ccc4n3C)c(=O)oc2c1. The number of aromatic carboxylic acids is 1. The van der Waals surface area contributed by atoms with Crippen LogP contribution in [0.2, 0.25) is 0 Å². The van der Waals surface area contributed by atoms with Crippen LogP contribution in [0.15, 0.2) is 45.6 Å². The zero-order valence-corrected chi connectivity index (χ0v) is 15.9. The van der Waals surface area contributed by atoms with E-state index in [9.17, 15) is 20.0 Å². The average Bonchev–Trinajstić information content (AvgIpc) is 3.01. The quantitative estimate of drug-likeness (QED) is 0.537. The highest BCUT2D eigenvalue weighted by molar-refractivity contribution is 5.95. The van der Waals surface area contributed by atoms with Gasteiger partial charge in [0.2, 0.25) is 0 Å². The van der Waals surface area contributed by atoms with Gasteiger partial charge in [0.15, 0.2) is 0 Å². The van der Waals surface area contributed by atoms with Crippen molar-refractivity contribution < 1.29 is 14.3 Å². The van der Waals surface area contributed by atoms with Gasteiger partial charge in [-0.3, -0.25) is 0 Å². The minimum absolute atomic E-state index is 0.0492. The van der Waals surface area contributed by atoms with Gasteiger partial charge >= 0.3 is 11.6 Å². The van der Waals surface area contributed by atoms with Gasteiger partial charge in [-0.05, 0) is 30.3 Å².